The summed E-state index contributed by atoms with van der Waals surface area (Å²) in [6.07, 6.45) is 2.83. The monoisotopic (exact) mass is 435 g/mol. The second-order valence-corrected chi connectivity index (χ2v) is 7.50. The molecular weight excluding hydrogens is 410 g/mol. The molecule has 9 nitrogen and oxygen atoms in total. The molecule has 9 heteroatoms. The first-order valence-electron chi connectivity index (χ1n) is 10.4. The molecule has 166 valence electrons. The number of benzene rings is 1. The van der Waals surface area contributed by atoms with Gasteiger partial charge < -0.3 is 19.7 Å². The van der Waals surface area contributed by atoms with Crippen molar-refractivity contribution in [3.05, 3.63) is 54.4 Å². The number of ether oxygens (including phenoxy) is 2. The number of amides is 2. The Labute approximate surface area is 185 Å². The zero-order valence-electron chi connectivity index (χ0n) is 18.0. The van der Waals surface area contributed by atoms with Gasteiger partial charge >= 0.3 is 0 Å². The molecule has 4 rings (SSSR count). The third kappa shape index (κ3) is 4.56. The maximum Gasteiger partial charge on any atom is 0.271 e. The molecule has 3 aromatic rings. The maximum absolute atomic E-state index is 12.9. The van der Waals surface area contributed by atoms with Crippen LogP contribution in [0.25, 0.3) is 11.4 Å². The molecule has 3 heterocycles. The lowest BCUT2D eigenvalue weighted by Crippen LogP contribution is -2.41. The smallest absolute Gasteiger partial charge is 0.271 e. The molecule has 32 heavy (non-hydrogen) atoms. The van der Waals surface area contributed by atoms with Crippen molar-refractivity contribution in [3.8, 4) is 22.9 Å². The highest BCUT2D eigenvalue weighted by Crippen LogP contribution is 2.30. The summed E-state index contributed by atoms with van der Waals surface area (Å²) in [4.78, 5) is 31.7. The lowest BCUT2D eigenvalue weighted by Gasteiger charge is -2.31. The predicted molar refractivity (Wildman–Crippen MR) is 119 cm³/mol. The normalized spacial score (nSPS) is 14.1. The average molecular weight is 435 g/mol. The Kier molecular flexibility index (Phi) is 6.34. The maximum atomic E-state index is 12.9. The lowest BCUT2D eigenvalue weighted by molar-refractivity contribution is -0.121. The minimum absolute atomic E-state index is 0.0948. The lowest BCUT2D eigenvalue weighted by atomic mass is 9.95. The topological polar surface area (TPSA) is 109 Å². The Hall–Kier alpha value is -3.88. The van der Waals surface area contributed by atoms with Crippen LogP contribution in [0.15, 0.2) is 48.7 Å². The van der Waals surface area contributed by atoms with Gasteiger partial charge in [-0.25, -0.2) is 0 Å². The molecule has 0 atom stereocenters. The number of carbonyl (C=O) groups is 2. The molecule has 1 aromatic carbocycles. The molecule has 1 aliphatic rings. The van der Waals surface area contributed by atoms with E-state index in [1.54, 1.807) is 49.6 Å². The van der Waals surface area contributed by atoms with Crippen molar-refractivity contribution in [1.82, 2.24) is 20.1 Å². The Morgan fingerprint density at radius 1 is 1.06 bits per heavy atom. The quantitative estimate of drug-likeness (QED) is 0.616. The van der Waals surface area contributed by atoms with E-state index in [4.69, 9.17) is 9.47 Å². The van der Waals surface area contributed by atoms with E-state index < -0.39 is 0 Å². The number of hydrogen-bond donors (Lipinski definition) is 2. The number of nitrogens with one attached hydrogen (secondary N) is 2. The summed E-state index contributed by atoms with van der Waals surface area (Å²) < 4.78 is 10.6. The van der Waals surface area contributed by atoms with Crippen LogP contribution in [0.4, 0.5) is 5.69 Å². The van der Waals surface area contributed by atoms with E-state index in [-0.39, 0.29) is 17.7 Å². The van der Waals surface area contributed by atoms with Crippen LogP contribution in [-0.4, -0.2) is 59.2 Å². The van der Waals surface area contributed by atoms with Gasteiger partial charge in [0, 0.05) is 31.3 Å². The molecule has 0 unspecified atom stereocenters. The van der Waals surface area contributed by atoms with Crippen LogP contribution in [0.2, 0.25) is 0 Å². The fraction of sp³-hybridized carbons (Fsp3) is 0.304. The number of H-pyrrole nitrogens is 1. The number of aromatic amines is 1. The first-order valence-corrected chi connectivity index (χ1v) is 10.4. The zero-order valence-corrected chi connectivity index (χ0v) is 18.0. The van der Waals surface area contributed by atoms with Crippen molar-refractivity contribution < 1.29 is 19.1 Å². The van der Waals surface area contributed by atoms with Crippen LogP contribution in [0.3, 0.4) is 0 Å². The highest BCUT2D eigenvalue weighted by molar-refractivity contribution is 5.95. The van der Waals surface area contributed by atoms with E-state index in [9.17, 15) is 9.59 Å². The number of likely N-dealkylation sites (tertiary alicyclic amines) is 1. The van der Waals surface area contributed by atoms with Gasteiger partial charge in [0.05, 0.1) is 25.6 Å². The van der Waals surface area contributed by atoms with Crippen LogP contribution in [0.5, 0.6) is 11.5 Å². The highest BCUT2D eigenvalue weighted by Gasteiger charge is 2.29. The molecule has 0 radical (unpaired) electrons. The average Bonchev–Trinajstić information content (AvgIpc) is 3.34. The van der Waals surface area contributed by atoms with Crippen LogP contribution in [-0.2, 0) is 4.79 Å². The molecule has 0 saturated carbocycles. The second-order valence-electron chi connectivity index (χ2n) is 7.50. The number of hydrogen-bond acceptors (Lipinski definition) is 6. The Balaban J connectivity index is 1.35. The van der Waals surface area contributed by atoms with E-state index in [0.29, 0.717) is 60.2 Å². The summed E-state index contributed by atoms with van der Waals surface area (Å²) in [7, 11) is 3.12. The van der Waals surface area contributed by atoms with Crippen molar-refractivity contribution in [2.75, 3.05) is 32.6 Å². The van der Waals surface area contributed by atoms with E-state index in [1.165, 1.54) is 0 Å². The first kappa shape index (κ1) is 21.4. The predicted octanol–water partition coefficient (Wildman–Crippen LogP) is 2.98. The van der Waals surface area contributed by atoms with Gasteiger partial charge in [0.1, 0.15) is 22.9 Å². The number of carbonyl (C=O) groups excluding carboxylic acids is 2. The summed E-state index contributed by atoms with van der Waals surface area (Å²) in [6, 6.07) is 12.5. The van der Waals surface area contributed by atoms with Crippen LogP contribution < -0.4 is 14.8 Å². The number of anilines is 1. The van der Waals surface area contributed by atoms with Crippen molar-refractivity contribution in [2.24, 2.45) is 5.92 Å². The molecule has 1 saturated heterocycles. The summed E-state index contributed by atoms with van der Waals surface area (Å²) >= 11 is 0. The summed E-state index contributed by atoms with van der Waals surface area (Å²) in [5.74, 6) is 0.775. The minimum atomic E-state index is -0.194. The second kappa shape index (κ2) is 9.51. The highest BCUT2D eigenvalue weighted by atomic mass is 16.5. The van der Waals surface area contributed by atoms with E-state index >= 15 is 0 Å². The summed E-state index contributed by atoms with van der Waals surface area (Å²) in [5, 5.41) is 9.94. The van der Waals surface area contributed by atoms with Gasteiger partial charge in [0.2, 0.25) is 5.91 Å². The molecule has 2 aromatic heterocycles. The zero-order chi connectivity index (χ0) is 22.5. The van der Waals surface area contributed by atoms with Crippen molar-refractivity contribution >= 4 is 17.5 Å². The van der Waals surface area contributed by atoms with Gasteiger partial charge in [-0.2, -0.15) is 5.10 Å². The first-order chi connectivity index (χ1) is 15.6. The van der Waals surface area contributed by atoms with Gasteiger partial charge in [0.25, 0.3) is 5.91 Å². The molecule has 1 fully saturated rings. The van der Waals surface area contributed by atoms with Gasteiger partial charge in [-0.1, -0.05) is 6.07 Å². The Morgan fingerprint density at radius 2 is 1.88 bits per heavy atom. The molecule has 0 aliphatic carbocycles. The van der Waals surface area contributed by atoms with Gasteiger partial charge in [-0.05, 0) is 43.2 Å². The van der Waals surface area contributed by atoms with Crippen molar-refractivity contribution in [2.45, 2.75) is 12.8 Å². The molecule has 2 amide bonds. The van der Waals surface area contributed by atoms with Crippen molar-refractivity contribution in [1.29, 1.82) is 0 Å². The Bertz CT molecular complexity index is 1090. The van der Waals surface area contributed by atoms with E-state index in [0.717, 1.165) is 0 Å². The third-order valence-corrected chi connectivity index (χ3v) is 5.55. The summed E-state index contributed by atoms with van der Waals surface area (Å²) in [6.45, 7) is 0.980. The number of pyridine rings is 1. The number of rotatable bonds is 6. The molecule has 0 bridgehead atoms. The molecular formula is C23H25N5O4. The fourth-order valence-corrected chi connectivity index (χ4v) is 3.74. The minimum Gasteiger partial charge on any atom is -0.497 e. The van der Waals surface area contributed by atoms with Gasteiger partial charge in [0.15, 0.2) is 0 Å². The van der Waals surface area contributed by atoms with Crippen LogP contribution in [0, 0.1) is 5.92 Å². The molecule has 0 spiro atoms. The number of piperidine rings is 1. The Morgan fingerprint density at radius 3 is 2.56 bits per heavy atom. The van der Waals surface area contributed by atoms with E-state index in [1.807, 2.05) is 18.2 Å². The largest absolute Gasteiger partial charge is 0.497 e. The number of nitrogens with zero attached hydrogens (tertiary/aromatic N) is 3. The van der Waals surface area contributed by atoms with Crippen LogP contribution in [0.1, 0.15) is 23.3 Å². The van der Waals surface area contributed by atoms with Gasteiger partial charge in [-0.3, -0.25) is 19.7 Å². The number of aromatic nitrogens is 3. The SMILES string of the molecule is COc1ccc(OC)c(NC(=O)C2CCN(C(=O)c3cc(-c4ccccn4)n[nH]3)CC2)c1. The van der Waals surface area contributed by atoms with Gasteiger partial charge in [-0.15, -0.1) is 0 Å². The fourth-order valence-electron chi connectivity index (χ4n) is 3.74. The number of methoxy groups -OCH3 is 2. The van der Waals surface area contributed by atoms with E-state index in [2.05, 4.69) is 20.5 Å². The molecule has 1 aliphatic heterocycles. The standard InChI is InChI=1S/C23H25N5O4/c1-31-16-6-7-21(32-2)19(13-16)25-22(29)15-8-11-28(12-9-15)23(30)20-14-18(26-27-20)17-5-3-4-10-24-17/h3-7,10,13-15H,8-9,11-12H2,1-2H3,(H,25,29)(H,26,27). The van der Waals surface area contributed by atoms with Crippen LogP contribution >= 0.6 is 0 Å². The van der Waals surface area contributed by atoms with Crippen molar-refractivity contribution in [3.63, 3.8) is 0 Å². The molecule has 2 N–H and O–H groups in total. The third-order valence-electron chi connectivity index (χ3n) is 5.55. The summed E-state index contributed by atoms with van der Waals surface area (Å²) in [5.41, 5.74) is 2.30.